The highest BCUT2D eigenvalue weighted by Gasteiger charge is 2.36. The molecule has 10 nitrogen and oxygen atoms in total. The van der Waals surface area contributed by atoms with Crippen molar-refractivity contribution in [3.05, 3.63) is 59.8 Å². The molecular formula is C30H35FN6O4. The van der Waals surface area contributed by atoms with E-state index in [4.69, 9.17) is 9.47 Å². The minimum Gasteiger partial charge on any atom is -0.481 e. The summed E-state index contributed by atoms with van der Waals surface area (Å²) < 4.78 is 27.2. The van der Waals surface area contributed by atoms with Crippen molar-refractivity contribution >= 4 is 39.9 Å². The van der Waals surface area contributed by atoms with Gasteiger partial charge in [-0.1, -0.05) is 0 Å². The molecule has 2 atom stereocenters. The predicted molar refractivity (Wildman–Crippen MR) is 155 cm³/mol. The van der Waals surface area contributed by atoms with Crippen molar-refractivity contribution < 1.29 is 23.5 Å². The second kappa shape index (κ2) is 10.5. The highest BCUT2D eigenvalue weighted by molar-refractivity contribution is 6.14. The van der Waals surface area contributed by atoms with Crippen LogP contribution in [0.5, 0.6) is 5.88 Å². The number of rotatable bonds is 4. The molecular weight excluding hydrogens is 527 g/mol. The first kappa shape index (κ1) is 28.1. The number of pyridine rings is 2. The molecule has 1 fully saturated rings. The number of carbonyl (C=O) groups is 2. The molecule has 11 heteroatoms. The van der Waals surface area contributed by atoms with E-state index in [1.807, 2.05) is 46.8 Å². The molecule has 0 saturated carbocycles. The van der Waals surface area contributed by atoms with Gasteiger partial charge in [-0.15, -0.1) is 0 Å². The Morgan fingerprint density at radius 2 is 1.76 bits per heavy atom. The lowest BCUT2D eigenvalue weighted by molar-refractivity contribution is 0.00567. The van der Waals surface area contributed by atoms with Gasteiger partial charge in [-0.2, -0.15) is 0 Å². The summed E-state index contributed by atoms with van der Waals surface area (Å²) in [5.74, 6) is -0.611. The molecule has 1 saturated heterocycles. The second-order valence-electron chi connectivity index (χ2n) is 11.5. The summed E-state index contributed by atoms with van der Waals surface area (Å²) >= 11 is 0. The number of nitrogens with zero attached hydrogens (tertiary/aromatic N) is 5. The van der Waals surface area contributed by atoms with Crippen LogP contribution in [0.3, 0.4) is 0 Å². The molecule has 4 heterocycles. The van der Waals surface area contributed by atoms with E-state index in [-0.39, 0.29) is 23.8 Å². The zero-order valence-electron chi connectivity index (χ0n) is 24.4. The van der Waals surface area contributed by atoms with Crippen LogP contribution in [-0.2, 0) is 4.74 Å². The molecule has 2 amide bonds. The summed E-state index contributed by atoms with van der Waals surface area (Å²) in [4.78, 5) is 39.2. The number of fused-ring (bicyclic) bond motifs is 2. The third-order valence-electron chi connectivity index (χ3n) is 7.01. The van der Waals surface area contributed by atoms with Crippen molar-refractivity contribution in [2.24, 2.45) is 0 Å². The number of methoxy groups -OCH3 is 1. The Labute approximate surface area is 238 Å². The summed E-state index contributed by atoms with van der Waals surface area (Å²) in [6.07, 6.45) is 2.98. The number of imidazole rings is 1. The minimum atomic E-state index is -0.583. The molecule has 216 valence electrons. The first-order valence-corrected chi connectivity index (χ1v) is 13.5. The molecule has 1 aliphatic rings. The van der Waals surface area contributed by atoms with Crippen molar-refractivity contribution in [1.29, 1.82) is 0 Å². The summed E-state index contributed by atoms with van der Waals surface area (Å²) in [5, 5.41) is 3.56. The Balaban J connectivity index is 1.46. The fourth-order valence-electron chi connectivity index (χ4n) is 5.40. The topological polar surface area (TPSA) is 101 Å². The maximum absolute atomic E-state index is 14.6. The molecule has 41 heavy (non-hydrogen) atoms. The summed E-state index contributed by atoms with van der Waals surface area (Å²) in [7, 11) is 1.52. The van der Waals surface area contributed by atoms with Crippen molar-refractivity contribution in [3.8, 4) is 5.88 Å². The average Bonchev–Trinajstić information content (AvgIpc) is 3.26. The fourth-order valence-corrected chi connectivity index (χ4v) is 5.40. The van der Waals surface area contributed by atoms with Crippen LogP contribution in [0.15, 0.2) is 42.7 Å². The molecule has 1 unspecified atom stereocenters. The maximum atomic E-state index is 14.6. The average molecular weight is 563 g/mol. The number of aryl methyl sites for hydroxylation is 1. The smallest absolute Gasteiger partial charge is 0.410 e. The third kappa shape index (κ3) is 5.61. The largest absolute Gasteiger partial charge is 0.481 e. The van der Waals surface area contributed by atoms with Crippen LogP contribution in [-0.4, -0.2) is 69.2 Å². The van der Waals surface area contributed by atoms with Gasteiger partial charge in [-0.05, 0) is 59.7 Å². The van der Waals surface area contributed by atoms with Crippen LogP contribution in [0.2, 0.25) is 0 Å². The number of carbonyl (C=O) groups excluding carboxylic acids is 2. The van der Waals surface area contributed by atoms with Gasteiger partial charge in [-0.3, -0.25) is 9.69 Å². The highest BCUT2D eigenvalue weighted by Crippen LogP contribution is 2.33. The Morgan fingerprint density at radius 3 is 2.41 bits per heavy atom. The monoisotopic (exact) mass is 562 g/mol. The van der Waals surface area contributed by atoms with E-state index in [1.54, 1.807) is 40.8 Å². The second-order valence-corrected chi connectivity index (χ2v) is 11.5. The normalized spacial score (nSPS) is 17.7. The van der Waals surface area contributed by atoms with E-state index in [0.717, 1.165) is 11.1 Å². The van der Waals surface area contributed by atoms with Crippen LogP contribution in [0.4, 0.5) is 20.6 Å². The predicted octanol–water partition coefficient (Wildman–Crippen LogP) is 5.43. The molecule has 5 rings (SSSR count). The lowest BCUT2D eigenvalue weighted by Crippen LogP contribution is -2.59. The summed E-state index contributed by atoms with van der Waals surface area (Å²) in [6, 6.07) is 8.24. The lowest BCUT2D eigenvalue weighted by Gasteiger charge is -2.45. The van der Waals surface area contributed by atoms with E-state index in [0.29, 0.717) is 41.4 Å². The van der Waals surface area contributed by atoms with Crippen LogP contribution in [0.25, 0.3) is 16.6 Å². The highest BCUT2D eigenvalue weighted by atomic mass is 19.1. The fraction of sp³-hybridized carbons (Fsp3) is 0.400. The number of nitrogens with one attached hydrogen (secondary N) is 1. The van der Waals surface area contributed by atoms with Gasteiger partial charge in [-0.25, -0.2) is 19.2 Å². The summed E-state index contributed by atoms with van der Waals surface area (Å²) in [6.45, 7) is 12.5. The first-order chi connectivity index (χ1) is 19.3. The van der Waals surface area contributed by atoms with Gasteiger partial charge in [0.15, 0.2) is 11.5 Å². The van der Waals surface area contributed by atoms with Gasteiger partial charge in [0, 0.05) is 48.7 Å². The Morgan fingerprint density at radius 1 is 1.05 bits per heavy atom. The Kier molecular flexibility index (Phi) is 7.23. The van der Waals surface area contributed by atoms with Gasteiger partial charge < -0.3 is 24.1 Å². The molecule has 0 spiro atoms. The van der Waals surface area contributed by atoms with Crippen LogP contribution in [0.1, 0.15) is 50.7 Å². The molecule has 0 aliphatic carbocycles. The van der Waals surface area contributed by atoms with E-state index < -0.39 is 17.3 Å². The van der Waals surface area contributed by atoms with E-state index >= 15 is 0 Å². The number of hydrogen-bond acceptors (Lipinski definition) is 7. The molecule has 0 bridgehead atoms. The number of ether oxygens (including phenoxy) is 2. The molecule has 1 aliphatic heterocycles. The van der Waals surface area contributed by atoms with Gasteiger partial charge in [0.05, 0.1) is 41.7 Å². The van der Waals surface area contributed by atoms with Gasteiger partial charge in [0.1, 0.15) is 5.60 Å². The van der Waals surface area contributed by atoms with Gasteiger partial charge in [0.2, 0.25) is 5.88 Å². The third-order valence-corrected chi connectivity index (χ3v) is 7.01. The number of amides is 2. The van der Waals surface area contributed by atoms with Gasteiger partial charge in [0.25, 0.3) is 5.91 Å². The van der Waals surface area contributed by atoms with Crippen LogP contribution in [0, 0.1) is 12.7 Å². The quantitative estimate of drug-likeness (QED) is 0.354. The molecule has 1 N–H and O–H groups in total. The van der Waals surface area contributed by atoms with E-state index in [1.165, 1.54) is 13.2 Å². The van der Waals surface area contributed by atoms with Gasteiger partial charge >= 0.3 is 6.09 Å². The Hall–Kier alpha value is -4.41. The number of piperazine rings is 1. The van der Waals surface area contributed by atoms with Crippen molar-refractivity contribution in [2.45, 2.75) is 59.2 Å². The number of hydrogen-bond donors (Lipinski definition) is 1. The number of aromatic nitrogens is 3. The van der Waals surface area contributed by atoms with E-state index in [2.05, 4.69) is 20.2 Å². The maximum Gasteiger partial charge on any atom is 0.410 e. The number of benzene rings is 1. The van der Waals surface area contributed by atoms with Crippen molar-refractivity contribution in [3.63, 3.8) is 0 Å². The molecule has 1 aromatic carbocycles. The summed E-state index contributed by atoms with van der Waals surface area (Å²) in [5.41, 5.74) is 2.22. The van der Waals surface area contributed by atoms with Crippen molar-refractivity contribution in [2.75, 3.05) is 30.4 Å². The van der Waals surface area contributed by atoms with E-state index in [9.17, 15) is 14.0 Å². The molecule has 4 aromatic rings. The zero-order chi connectivity index (χ0) is 29.6. The SMILES string of the molecule is COc1ccc2c(N3CC(C)N(C(=O)OC(C)(C)C)[C@@H](C)C3)ccc(C(=O)Nc3cc(F)c4nc(C)cn4c3)c2n1. The number of anilines is 2. The van der Waals surface area contributed by atoms with Crippen LogP contribution >= 0.6 is 0 Å². The standard InChI is InChI=1S/C30H35FN6O4/c1-17-13-36-16-20(12-23(31)27(36)32-17)33-28(38)22-8-10-24(21-9-11-25(40-7)34-26(21)22)35-14-18(2)37(19(3)15-35)29(39)41-30(4,5)6/h8-13,16,18-19H,14-15H2,1-7H3,(H,33,38)/t18-,19?/m0/s1. The molecule has 3 aromatic heterocycles. The minimum absolute atomic E-state index is 0.116. The zero-order valence-corrected chi connectivity index (χ0v) is 24.4. The first-order valence-electron chi connectivity index (χ1n) is 13.5. The molecule has 0 radical (unpaired) electrons. The number of halogens is 1. The lowest BCUT2D eigenvalue weighted by atomic mass is 10.0. The van der Waals surface area contributed by atoms with Crippen LogP contribution < -0.4 is 15.0 Å². The Bertz CT molecular complexity index is 1630. The van der Waals surface area contributed by atoms with Crippen molar-refractivity contribution in [1.82, 2.24) is 19.3 Å².